The van der Waals surface area contributed by atoms with E-state index in [1.54, 1.807) is 0 Å². The van der Waals surface area contributed by atoms with Crippen molar-refractivity contribution in [3.05, 3.63) is 0 Å². The molecule has 2 atom stereocenters. The van der Waals surface area contributed by atoms with Crippen molar-refractivity contribution in [3.8, 4) is 0 Å². The molecule has 2 aliphatic carbocycles. The Bertz CT molecular complexity index is 245. The van der Waals surface area contributed by atoms with Gasteiger partial charge < -0.3 is 10.1 Å². The largest absolute Gasteiger partial charge is 0.369 e. The minimum Gasteiger partial charge on any atom is -0.369 e. The zero-order valence-corrected chi connectivity index (χ0v) is 10.5. The molecule has 3 fully saturated rings. The van der Waals surface area contributed by atoms with Gasteiger partial charge in [-0.1, -0.05) is 25.7 Å². The lowest BCUT2D eigenvalue weighted by atomic mass is 9.94. The van der Waals surface area contributed by atoms with E-state index in [0.29, 0.717) is 6.10 Å². The molecular formula is C14H25NO. The molecule has 0 bridgehead atoms. The molecule has 2 saturated carbocycles. The first kappa shape index (κ1) is 11.0. The Balaban J connectivity index is 1.54. The summed E-state index contributed by atoms with van der Waals surface area (Å²) >= 11 is 0. The number of hydrogen-bond acceptors (Lipinski definition) is 2. The highest BCUT2D eigenvalue weighted by Gasteiger charge is 2.45. The van der Waals surface area contributed by atoms with E-state index in [-0.39, 0.29) is 5.60 Å². The zero-order chi connectivity index (χ0) is 11.0. The van der Waals surface area contributed by atoms with Crippen LogP contribution in [0.3, 0.4) is 0 Å². The second kappa shape index (κ2) is 4.30. The van der Waals surface area contributed by atoms with Crippen LogP contribution in [0.15, 0.2) is 0 Å². The van der Waals surface area contributed by atoms with Crippen molar-refractivity contribution in [3.63, 3.8) is 0 Å². The van der Waals surface area contributed by atoms with Gasteiger partial charge in [-0.25, -0.2) is 0 Å². The van der Waals surface area contributed by atoms with Crippen LogP contribution >= 0.6 is 0 Å². The molecule has 3 aliphatic rings. The standard InChI is InChI=1S/C14H25NO/c1-14(12-6-7-12)10-15-9-13(16-14)8-11-4-2-3-5-11/h11-13,15H,2-10H2,1H3. The molecule has 0 aromatic heterocycles. The fraction of sp³-hybridized carbons (Fsp3) is 1.00. The predicted molar refractivity (Wildman–Crippen MR) is 65.4 cm³/mol. The first-order valence-electron chi connectivity index (χ1n) is 7.15. The third-order valence-corrected chi connectivity index (χ3v) is 4.80. The third-order valence-electron chi connectivity index (χ3n) is 4.80. The SMILES string of the molecule is CC1(C2CC2)CNCC(CC2CCCC2)O1. The Kier molecular flexibility index (Phi) is 2.97. The Morgan fingerprint density at radius 1 is 1.19 bits per heavy atom. The van der Waals surface area contributed by atoms with Crippen LogP contribution in [0.1, 0.15) is 51.9 Å². The molecule has 0 aromatic rings. The van der Waals surface area contributed by atoms with E-state index in [2.05, 4.69) is 12.2 Å². The average Bonchev–Trinajstić information content (AvgIpc) is 3.01. The summed E-state index contributed by atoms with van der Waals surface area (Å²) in [5.41, 5.74) is 0.154. The smallest absolute Gasteiger partial charge is 0.0810 e. The summed E-state index contributed by atoms with van der Waals surface area (Å²) in [6, 6.07) is 0. The number of nitrogens with one attached hydrogen (secondary N) is 1. The van der Waals surface area contributed by atoms with E-state index in [0.717, 1.165) is 24.9 Å². The first-order chi connectivity index (χ1) is 7.76. The summed E-state index contributed by atoms with van der Waals surface area (Å²) in [4.78, 5) is 0. The minimum atomic E-state index is 0.154. The van der Waals surface area contributed by atoms with Crippen LogP contribution in [0.2, 0.25) is 0 Å². The third kappa shape index (κ3) is 2.28. The van der Waals surface area contributed by atoms with Crippen LogP contribution in [0.4, 0.5) is 0 Å². The summed E-state index contributed by atoms with van der Waals surface area (Å²) in [5, 5.41) is 3.60. The molecule has 0 aromatic carbocycles. The number of morpholine rings is 1. The quantitative estimate of drug-likeness (QED) is 0.794. The Hall–Kier alpha value is -0.0800. The maximum Gasteiger partial charge on any atom is 0.0810 e. The van der Waals surface area contributed by atoms with Crippen molar-refractivity contribution in [2.75, 3.05) is 13.1 Å². The molecule has 1 N–H and O–H groups in total. The number of hydrogen-bond donors (Lipinski definition) is 1. The number of ether oxygens (including phenoxy) is 1. The van der Waals surface area contributed by atoms with Crippen molar-refractivity contribution in [2.45, 2.75) is 63.6 Å². The van der Waals surface area contributed by atoms with Crippen LogP contribution < -0.4 is 5.32 Å². The summed E-state index contributed by atoms with van der Waals surface area (Å²) in [7, 11) is 0. The van der Waals surface area contributed by atoms with Gasteiger partial charge in [0.25, 0.3) is 0 Å². The van der Waals surface area contributed by atoms with Gasteiger partial charge in [-0.3, -0.25) is 0 Å². The average molecular weight is 223 g/mol. The zero-order valence-electron chi connectivity index (χ0n) is 10.5. The van der Waals surface area contributed by atoms with Crippen molar-refractivity contribution in [2.24, 2.45) is 11.8 Å². The lowest BCUT2D eigenvalue weighted by Gasteiger charge is -2.40. The van der Waals surface area contributed by atoms with Gasteiger partial charge in [0.1, 0.15) is 0 Å². The summed E-state index contributed by atoms with van der Waals surface area (Å²) in [6.07, 6.45) is 10.3. The van der Waals surface area contributed by atoms with Crippen LogP contribution in [0.25, 0.3) is 0 Å². The summed E-state index contributed by atoms with van der Waals surface area (Å²) in [6.45, 7) is 4.47. The van der Waals surface area contributed by atoms with Crippen LogP contribution in [0, 0.1) is 11.8 Å². The molecule has 0 radical (unpaired) electrons. The number of rotatable bonds is 3. The Morgan fingerprint density at radius 3 is 2.62 bits per heavy atom. The predicted octanol–water partition coefficient (Wildman–Crippen LogP) is 2.72. The van der Waals surface area contributed by atoms with E-state index in [9.17, 15) is 0 Å². The second-order valence-corrected chi connectivity index (χ2v) is 6.34. The molecule has 1 saturated heterocycles. The topological polar surface area (TPSA) is 21.3 Å². The highest BCUT2D eigenvalue weighted by molar-refractivity contribution is 4.97. The van der Waals surface area contributed by atoms with E-state index in [1.807, 2.05) is 0 Å². The minimum absolute atomic E-state index is 0.154. The van der Waals surface area contributed by atoms with Crippen molar-refractivity contribution in [1.82, 2.24) is 5.32 Å². The fourth-order valence-electron chi connectivity index (χ4n) is 3.63. The highest BCUT2D eigenvalue weighted by Crippen LogP contribution is 2.43. The molecule has 1 aliphatic heterocycles. The van der Waals surface area contributed by atoms with E-state index >= 15 is 0 Å². The molecule has 2 unspecified atom stereocenters. The van der Waals surface area contributed by atoms with Gasteiger partial charge in [-0.15, -0.1) is 0 Å². The highest BCUT2D eigenvalue weighted by atomic mass is 16.5. The first-order valence-corrected chi connectivity index (χ1v) is 7.15. The molecule has 2 heteroatoms. The van der Waals surface area contributed by atoms with E-state index in [1.165, 1.54) is 44.9 Å². The van der Waals surface area contributed by atoms with E-state index in [4.69, 9.17) is 4.74 Å². The van der Waals surface area contributed by atoms with Gasteiger partial charge in [0.2, 0.25) is 0 Å². The molecular weight excluding hydrogens is 198 g/mol. The second-order valence-electron chi connectivity index (χ2n) is 6.34. The van der Waals surface area contributed by atoms with Crippen molar-refractivity contribution < 1.29 is 4.74 Å². The molecule has 1 heterocycles. The van der Waals surface area contributed by atoms with Gasteiger partial charge in [0, 0.05) is 13.1 Å². The monoisotopic (exact) mass is 223 g/mol. The van der Waals surface area contributed by atoms with Gasteiger partial charge in [0.15, 0.2) is 0 Å². The van der Waals surface area contributed by atoms with Gasteiger partial charge in [-0.2, -0.15) is 0 Å². The van der Waals surface area contributed by atoms with Crippen LogP contribution in [0.5, 0.6) is 0 Å². The Labute approximate surface area is 99.1 Å². The molecule has 2 nitrogen and oxygen atoms in total. The van der Waals surface area contributed by atoms with Crippen molar-refractivity contribution in [1.29, 1.82) is 0 Å². The van der Waals surface area contributed by atoms with Crippen LogP contribution in [-0.2, 0) is 4.74 Å². The summed E-state index contributed by atoms with van der Waals surface area (Å²) < 4.78 is 6.40. The maximum atomic E-state index is 6.40. The molecule has 0 amide bonds. The van der Waals surface area contributed by atoms with Gasteiger partial charge >= 0.3 is 0 Å². The van der Waals surface area contributed by atoms with Gasteiger partial charge in [-0.05, 0) is 38.0 Å². The molecule has 0 spiro atoms. The Morgan fingerprint density at radius 2 is 1.94 bits per heavy atom. The van der Waals surface area contributed by atoms with Crippen LogP contribution in [-0.4, -0.2) is 24.8 Å². The van der Waals surface area contributed by atoms with E-state index < -0.39 is 0 Å². The molecule has 92 valence electrons. The molecule has 16 heavy (non-hydrogen) atoms. The van der Waals surface area contributed by atoms with Gasteiger partial charge in [0.05, 0.1) is 11.7 Å². The summed E-state index contributed by atoms with van der Waals surface area (Å²) in [5.74, 6) is 1.79. The lowest BCUT2D eigenvalue weighted by Crippen LogP contribution is -2.53. The van der Waals surface area contributed by atoms with Crippen molar-refractivity contribution >= 4 is 0 Å². The molecule has 3 rings (SSSR count). The normalized spacial score (nSPS) is 41.4. The lowest BCUT2D eigenvalue weighted by molar-refractivity contribution is -0.124. The maximum absolute atomic E-state index is 6.40. The fourth-order valence-corrected chi connectivity index (χ4v) is 3.63.